The Labute approximate surface area is 109 Å². The van der Waals surface area contributed by atoms with Crippen LogP contribution in [0, 0.1) is 5.92 Å². The number of rotatable bonds is 5. The Morgan fingerprint density at radius 2 is 1.88 bits per heavy atom. The van der Waals surface area contributed by atoms with Crippen LogP contribution >= 0.6 is 11.6 Å². The highest BCUT2D eigenvalue weighted by Gasteiger charge is 2.14. The summed E-state index contributed by atoms with van der Waals surface area (Å²) in [5, 5.41) is 0. The van der Waals surface area contributed by atoms with Gasteiger partial charge in [-0.1, -0.05) is 27.7 Å². The van der Waals surface area contributed by atoms with E-state index in [4.69, 9.17) is 16.3 Å². The SMILES string of the molecule is CC(C)c1ncc(OC(C)C(C)C)c(CCl)n1. The van der Waals surface area contributed by atoms with Crippen molar-refractivity contribution < 1.29 is 4.74 Å². The Kier molecular flexibility index (Phi) is 5.19. The fraction of sp³-hybridized carbons (Fsp3) is 0.692. The minimum absolute atomic E-state index is 0.130. The molecule has 0 fully saturated rings. The maximum Gasteiger partial charge on any atom is 0.160 e. The van der Waals surface area contributed by atoms with Crippen LogP contribution in [0.4, 0.5) is 0 Å². The first-order chi connectivity index (χ1) is 7.95. The molecule has 0 saturated carbocycles. The lowest BCUT2D eigenvalue weighted by Crippen LogP contribution is -2.20. The minimum Gasteiger partial charge on any atom is -0.487 e. The molecule has 1 atom stereocenters. The van der Waals surface area contributed by atoms with Gasteiger partial charge in [-0.05, 0) is 12.8 Å². The van der Waals surface area contributed by atoms with Crippen LogP contribution in [0.1, 0.15) is 52.1 Å². The van der Waals surface area contributed by atoms with Crippen LogP contribution in [0.3, 0.4) is 0 Å². The average Bonchev–Trinajstić information content (AvgIpc) is 2.28. The van der Waals surface area contributed by atoms with E-state index in [0.717, 1.165) is 11.5 Å². The van der Waals surface area contributed by atoms with Crippen LogP contribution in [0.5, 0.6) is 5.75 Å². The fourth-order valence-electron chi connectivity index (χ4n) is 1.23. The molecule has 0 spiro atoms. The summed E-state index contributed by atoms with van der Waals surface area (Å²) in [7, 11) is 0. The van der Waals surface area contributed by atoms with Crippen molar-refractivity contribution in [1.29, 1.82) is 0 Å². The van der Waals surface area contributed by atoms with Crippen molar-refractivity contribution in [2.75, 3.05) is 0 Å². The van der Waals surface area contributed by atoms with Crippen LogP contribution in [0.15, 0.2) is 6.20 Å². The summed E-state index contributed by atoms with van der Waals surface area (Å²) in [4.78, 5) is 8.74. The van der Waals surface area contributed by atoms with E-state index in [9.17, 15) is 0 Å². The quantitative estimate of drug-likeness (QED) is 0.753. The smallest absolute Gasteiger partial charge is 0.160 e. The minimum atomic E-state index is 0.130. The molecule has 0 aliphatic rings. The predicted molar refractivity (Wildman–Crippen MR) is 70.6 cm³/mol. The number of aromatic nitrogens is 2. The van der Waals surface area contributed by atoms with Crippen LogP contribution in [0.25, 0.3) is 0 Å². The van der Waals surface area contributed by atoms with E-state index in [1.54, 1.807) is 6.20 Å². The molecule has 0 aliphatic carbocycles. The van der Waals surface area contributed by atoms with Crippen LogP contribution in [-0.4, -0.2) is 16.1 Å². The van der Waals surface area contributed by atoms with Crippen LogP contribution in [-0.2, 0) is 5.88 Å². The molecule has 1 aromatic rings. The van der Waals surface area contributed by atoms with Gasteiger partial charge in [0.25, 0.3) is 0 Å². The van der Waals surface area contributed by atoms with Gasteiger partial charge < -0.3 is 4.74 Å². The first kappa shape index (κ1) is 14.2. The Morgan fingerprint density at radius 1 is 1.24 bits per heavy atom. The summed E-state index contributed by atoms with van der Waals surface area (Å²) in [6.45, 7) is 10.4. The lowest BCUT2D eigenvalue weighted by Gasteiger charge is -2.19. The third kappa shape index (κ3) is 3.84. The standard InChI is InChI=1S/C13H21ClN2O/c1-8(2)10(5)17-12-7-15-13(9(3)4)16-11(12)6-14/h7-10H,6H2,1-5H3. The molecular formula is C13H21ClN2O. The van der Waals surface area contributed by atoms with Crippen molar-refractivity contribution in [2.24, 2.45) is 5.92 Å². The monoisotopic (exact) mass is 256 g/mol. The van der Waals surface area contributed by atoms with Gasteiger partial charge in [0.1, 0.15) is 11.5 Å². The fourth-order valence-corrected chi connectivity index (χ4v) is 1.42. The molecule has 0 amide bonds. The van der Waals surface area contributed by atoms with Crippen LogP contribution in [0.2, 0.25) is 0 Å². The maximum atomic E-state index is 5.90. The Bertz CT molecular complexity index is 366. The van der Waals surface area contributed by atoms with E-state index >= 15 is 0 Å². The molecule has 4 heteroatoms. The van der Waals surface area contributed by atoms with E-state index in [1.807, 2.05) is 6.92 Å². The van der Waals surface area contributed by atoms with Crippen molar-refractivity contribution in [1.82, 2.24) is 9.97 Å². The second kappa shape index (κ2) is 6.20. The number of alkyl halides is 1. The molecule has 3 nitrogen and oxygen atoms in total. The molecule has 0 N–H and O–H groups in total. The van der Waals surface area contributed by atoms with Gasteiger partial charge in [0.05, 0.1) is 18.2 Å². The molecule has 0 aromatic carbocycles. The summed E-state index contributed by atoms with van der Waals surface area (Å²) >= 11 is 5.90. The highest BCUT2D eigenvalue weighted by Crippen LogP contribution is 2.22. The summed E-state index contributed by atoms with van der Waals surface area (Å²) in [5.74, 6) is 2.61. The van der Waals surface area contributed by atoms with E-state index < -0.39 is 0 Å². The zero-order valence-corrected chi connectivity index (χ0v) is 12.0. The van der Waals surface area contributed by atoms with Gasteiger partial charge in [0.2, 0.25) is 0 Å². The first-order valence-corrected chi connectivity index (χ1v) is 6.57. The molecule has 1 rings (SSSR count). The summed E-state index contributed by atoms with van der Waals surface area (Å²) < 4.78 is 5.82. The summed E-state index contributed by atoms with van der Waals surface area (Å²) in [6.07, 6.45) is 1.87. The highest BCUT2D eigenvalue weighted by atomic mass is 35.5. The number of hydrogen-bond donors (Lipinski definition) is 0. The van der Waals surface area contributed by atoms with Gasteiger partial charge in [0.15, 0.2) is 5.75 Å². The van der Waals surface area contributed by atoms with E-state index in [-0.39, 0.29) is 6.10 Å². The van der Waals surface area contributed by atoms with Crippen LogP contribution < -0.4 is 4.74 Å². The average molecular weight is 257 g/mol. The van der Waals surface area contributed by atoms with Gasteiger partial charge in [-0.3, -0.25) is 0 Å². The Balaban J connectivity index is 2.93. The topological polar surface area (TPSA) is 35.0 Å². The molecule has 17 heavy (non-hydrogen) atoms. The van der Waals surface area contributed by atoms with Crippen molar-refractivity contribution in [3.05, 3.63) is 17.7 Å². The van der Waals surface area contributed by atoms with Gasteiger partial charge >= 0.3 is 0 Å². The zero-order chi connectivity index (χ0) is 13.0. The number of halogens is 1. The number of nitrogens with zero attached hydrogens (tertiary/aromatic N) is 2. The lowest BCUT2D eigenvalue weighted by molar-refractivity contribution is 0.167. The lowest BCUT2D eigenvalue weighted by atomic mass is 10.1. The third-order valence-corrected chi connectivity index (χ3v) is 3.00. The van der Waals surface area contributed by atoms with Gasteiger partial charge in [-0.2, -0.15) is 0 Å². The van der Waals surface area contributed by atoms with Gasteiger partial charge in [-0.15, -0.1) is 11.6 Å². The number of ether oxygens (including phenoxy) is 1. The summed E-state index contributed by atoms with van der Waals surface area (Å²) in [6, 6.07) is 0. The predicted octanol–water partition coefficient (Wildman–Crippen LogP) is 3.76. The molecule has 1 heterocycles. The Hall–Kier alpha value is -0.830. The van der Waals surface area contributed by atoms with Gasteiger partial charge in [0, 0.05) is 5.92 Å². The second-order valence-electron chi connectivity index (χ2n) is 4.89. The largest absolute Gasteiger partial charge is 0.487 e. The van der Waals surface area contributed by atoms with Crippen molar-refractivity contribution in [2.45, 2.75) is 52.5 Å². The van der Waals surface area contributed by atoms with E-state index in [0.29, 0.717) is 23.5 Å². The van der Waals surface area contributed by atoms with Crippen molar-refractivity contribution in [3.63, 3.8) is 0 Å². The molecular weight excluding hydrogens is 236 g/mol. The molecule has 0 radical (unpaired) electrons. The number of hydrogen-bond acceptors (Lipinski definition) is 3. The molecule has 0 bridgehead atoms. The first-order valence-electron chi connectivity index (χ1n) is 6.04. The zero-order valence-electron chi connectivity index (χ0n) is 11.2. The van der Waals surface area contributed by atoms with Crippen molar-refractivity contribution in [3.8, 4) is 5.75 Å². The Morgan fingerprint density at radius 3 is 2.35 bits per heavy atom. The normalized spacial score (nSPS) is 13.2. The van der Waals surface area contributed by atoms with E-state index in [1.165, 1.54) is 0 Å². The van der Waals surface area contributed by atoms with E-state index in [2.05, 4.69) is 37.7 Å². The van der Waals surface area contributed by atoms with Crippen molar-refractivity contribution >= 4 is 11.6 Å². The molecule has 96 valence electrons. The second-order valence-corrected chi connectivity index (χ2v) is 5.16. The third-order valence-electron chi connectivity index (χ3n) is 2.74. The summed E-state index contributed by atoms with van der Waals surface area (Å²) in [5.41, 5.74) is 0.776. The highest BCUT2D eigenvalue weighted by molar-refractivity contribution is 6.17. The molecule has 0 aliphatic heterocycles. The molecule has 0 saturated heterocycles. The maximum absolute atomic E-state index is 5.90. The molecule has 1 aromatic heterocycles. The van der Waals surface area contributed by atoms with Gasteiger partial charge in [-0.25, -0.2) is 9.97 Å². The molecule has 1 unspecified atom stereocenters.